The van der Waals surface area contributed by atoms with Crippen molar-refractivity contribution < 1.29 is 18.0 Å². The van der Waals surface area contributed by atoms with Crippen LogP contribution in [0.4, 0.5) is 5.69 Å². The van der Waals surface area contributed by atoms with E-state index in [0.717, 1.165) is 33.7 Å². The Hall–Kier alpha value is -3.36. The highest BCUT2D eigenvalue weighted by atomic mass is 35.5. The first-order valence-electron chi connectivity index (χ1n) is 12.5. The fourth-order valence-corrected chi connectivity index (χ4v) is 5.20. The molecule has 0 bridgehead atoms. The predicted molar refractivity (Wildman–Crippen MR) is 153 cm³/mol. The number of sulfonamides is 1. The molecule has 0 fully saturated rings. The summed E-state index contributed by atoms with van der Waals surface area (Å²) < 4.78 is 26.7. The Morgan fingerprint density at radius 1 is 0.947 bits per heavy atom. The first-order valence-corrected chi connectivity index (χ1v) is 14.7. The van der Waals surface area contributed by atoms with Crippen LogP contribution in [0, 0.1) is 6.92 Å². The molecule has 2 amide bonds. The number of rotatable bonds is 12. The van der Waals surface area contributed by atoms with Gasteiger partial charge in [0.05, 0.1) is 11.9 Å². The minimum absolute atomic E-state index is 0.0852. The minimum atomic E-state index is -3.80. The molecule has 0 saturated carbocycles. The SMILES string of the molecule is CCCNC(=O)C(Cc1ccccc1)N(Cc1cccc(Cl)c1)C(=O)CN(c1cccc(C)c1)S(C)(=O)=O. The Kier molecular flexibility index (Phi) is 10.3. The predicted octanol–water partition coefficient (Wildman–Crippen LogP) is 4.58. The number of anilines is 1. The van der Waals surface area contributed by atoms with E-state index in [1.165, 1.54) is 4.90 Å². The summed E-state index contributed by atoms with van der Waals surface area (Å²) in [6.45, 7) is 3.90. The summed E-state index contributed by atoms with van der Waals surface area (Å²) in [5, 5.41) is 3.42. The second-order valence-electron chi connectivity index (χ2n) is 9.26. The Morgan fingerprint density at radius 3 is 2.26 bits per heavy atom. The van der Waals surface area contributed by atoms with Crippen molar-refractivity contribution in [3.63, 3.8) is 0 Å². The van der Waals surface area contributed by atoms with Gasteiger partial charge < -0.3 is 10.2 Å². The zero-order valence-corrected chi connectivity index (χ0v) is 23.5. The molecule has 3 aromatic rings. The minimum Gasteiger partial charge on any atom is -0.354 e. The van der Waals surface area contributed by atoms with Gasteiger partial charge in [-0.25, -0.2) is 8.42 Å². The normalized spacial score (nSPS) is 12.0. The summed E-state index contributed by atoms with van der Waals surface area (Å²) in [6.07, 6.45) is 2.08. The lowest BCUT2D eigenvalue weighted by Crippen LogP contribution is -2.53. The molecule has 38 heavy (non-hydrogen) atoms. The largest absolute Gasteiger partial charge is 0.354 e. The number of carbonyl (C=O) groups excluding carboxylic acids is 2. The molecule has 0 heterocycles. The second kappa shape index (κ2) is 13.4. The van der Waals surface area contributed by atoms with Gasteiger partial charge in [0.1, 0.15) is 12.6 Å². The number of benzene rings is 3. The van der Waals surface area contributed by atoms with Crippen LogP contribution in [0.2, 0.25) is 5.02 Å². The summed E-state index contributed by atoms with van der Waals surface area (Å²) in [7, 11) is -3.80. The molecular weight excluding hydrogens is 522 g/mol. The number of halogens is 1. The van der Waals surface area contributed by atoms with Gasteiger partial charge in [-0.1, -0.05) is 73.1 Å². The van der Waals surface area contributed by atoms with Gasteiger partial charge in [-0.2, -0.15) is 0 Å². The molecule has 7 nitrogen and oxygen atoms in total. The van der Waals surface area contributed by atoms with Crippen LogP contribution < -0.4 is 9.62 Å². The van der Waals surface area contributed by atoms with E-state index in [2.05, 4.69) is 5.32 Å². The average Bonchev–Trinajstić information content (AvgIpc) is 2.87. The fourth-order valence-electron chi connectivity index (χ4n) is 4.15. The van der Waals surface area contributed by atoms with Crippen LogP contribution >= 0.6 is 11.6 Å². The Bertz CT molecular complexity index is 1350. The molecule has 1 unspecified atom stereocenters. The molecule has 3 rings (SSSR count). The van der Waals surface area contributed by atoms with Gasteiger partial charge >= 0.3 is 0 Å². The molecule has 0 spiro atoms. The molecular formula is C29H34ClN3O4S. The fraction of sp³-hybridized carbons (Fsp3) is 0.310. The molecule has 3 aromatic carbocycles. The Labute approximate surface area is 230 Å². The van der Waals surface area contributed by atoms with Gasteiger partial charge in [-0.15, -0.1) is 0 Å². The average molecular weight is 556 g/mol. The van der Waals surface area contributed by atoms with E-state index in [0.29, 0.717) is 17.3 Å². The van der Waals surface area contributed by atoms with Crippen molar-refractivity contribution in [3.05, 3.63) is 101 Å². The molecule has 0 aromatic heterocycles. The van der Waals surface area contributed by atoms with Crippen LogP contribution in [0.15, 0.2) is 78.9 Å². The number of hydrogen-bond donors (Lipinski definition) is 1. The molecule has 0 aliphatic carbocycles. The monoisotopic (exact) mass is 555 g/mol. The standard InChI is InChI=1S/C29H34ClN3O4S/c1-4-16-31-29(35)27(19-23-11-6-5-7-12-23)32(20-24-13-9-14-25(30)18-24)28(34)21-33(38(3,36)37)26-15-8-10-22(2)17-26/h5-15,17-18,27H,4,16,19-21H2,1-3H3,(H,31,35). The van der Waals surface area contributed by atoms with Crippen molar-refractivity contribution in [2.24, 2.45) is 0 Å². The third-order valence-corrected chi connectivity index (χ3v) is 7.41. The highest BCUT2D eigenvalue weighted by molar-refractivity contribution is 7.92. The summed E-state index contributed by atoms with van der Waals surface area (Å²) >= 11 is 6.22. The van der Waals surface area contributed by atoms with Crippen LogP contribution in [0.5, 0.6) is 0 Å². The lowest BCUT2D eigenvalue weighted by molar-refractivity contribution is -0.140. The molecule has 0 saturated heterocycles. The Balaban J connectivity index is 2.04. The van der Waals surface area contributed by atoms with Crippen molar-refractivity contribution in [2.45, 2.75) is 39.3 Å². The first kappa shape index (κ1) is 29.2. The number of carbonyl (C=O) groups is 2. The third kappa shape index (κ3) is 8.33. The summed E-state index contributed by atoms with van der Waals surface area (Å²) in [5.74, 6) is -0.794. The highest BCUT2D eigenvalue weighted by Crippen LogP contribution is 2.22. The number of nitrogens with one attached hydrogen (secondary N) is 1. The van der Waals surface area contributed by atoms with Gasteiger partial charge in [-0.05, 0) is 54.3 Å². The molecule has 0 aliphatic rings. The maximum absolute atomic E-state index is 14.0. The smallest absolute Gasteiger partial charge is 0.244 e. The van der Waals surface area contributed by atoms with Crippen molar-refractivity contribution in [1.29, 1.82) is 0 Å². The molecule has 1 atom stereocenters. The van der Waals surface area contributed by atoms with Crippen LogP contribution in [-0.4, -0.2) is 50.5 Å². The number of amides is 2. The summed E-state index contributed by atoms with van der Waals surface area (Å²) in [6, 6.07) is 22.6. The van der Waals surface area contributed by atoms with Crippen LogP contribution in [0.1, 0.15) is 30.0 Å². The van der Waals surface area contributed by atoms with E-state index in [1.807, 2.05) is 56.3 Å². The number of hydrogen-bond acceptors (Lipinski definition) is 4. The molecule has 0 radical (unpaired) electrons. The third-order valence-electron chi connectivity index (χ3n) is 6.03. The second-order valence-corrected chi connectivity index (χ2v) is 11.6. The van der Waals surface area contributed by atoms with E-state index in [1.54, 1.807) is 36.4 Å². The van der Waals surface area contributed by atoms with Crippen molar-refractivity contribution in [2.75, 3.05) is 23.7 Å². The van der Waals surface area contributed by atoms with Crippen LogP contribution in [-0.2, 0) is 32.6 Å². The number of aryl methyl sites for hydroxylation is 1. The zero-order valence-electron chi connectivity index (χ0n) is 21.9. The van der Waals surface area contributed by atoms with E-state index in [9.17, 15) is 18.0 Å². The van der Waals surface area contributed by atoms with Gasteiger partial charge in [0.2, 0.25) is 21.8 Å². The summed E-state index contributed by atoms with van der Waals surface area (Å²) in [4.78, 5) is 28.9. The van der Waals surface area contributed by atoms with E-state index in [-0.39, 0.29) is 18.9 Å². The Morgan fingerprint density at radius 2 is 1.63 bits per heavy atom. The highest BCUT2D eigenvalue weighted by Gasteiger charge is 2.33. The lowest BCUT2D eigenvalue weighted by atomic mass is 10.0. The van der Waals surface area contributed by atoms with Crippen LogP contribution in [0.25, 0.3) is 0 Å². The van der Waals surface area contributed by atoms with E-state index >= 15 is 0 Å². The lowest BCUT2D eigenvalue weighted by Gasteiger charge is -2.33. The maximum Gasteiger partial charge on any atom is 0.244 e. The van der Waals surface area contributed by atoms with Gasteiger partial charge in [-0.3, -0.25) is 13.9 Å². The molecule has 0 aliphatic heterocycles. The van der Waals surface area contributed by atoms with E-state index in [4.69, 9.17) is 11.6 Å². The zero-order chi connectivity index (χ0) is 27.7. The summed E-state index contributed by atoms with van der Waals surface area (Å²) in [5.41, 5.74) is 2.86. The molecule has 9 heteroatoms. The van der Waals surface area contributed by atoms with Crippen molar-refractivity contribution in [1.82, 2.24) is 10.2 Å². The first-order chi connectivity index (χ1) is 18.1. The van der Waals surface area contributed by atoms with Crippen LogP contribution in [0.3, 0.4) is 0 Å². The van der Waals surface area contributed by atoms with Gasteiger partial charge in [0, 0.05) is 24.5 Å². The number of nitrogens with zero attached hydrogens (tertiary/aromatic N) is 2. The van der Waals surface area contributed by atoms with Crippen molar-refractivity contribution in [3.8, 4) is 0 Å². The topological polar surface area (TPSA) is 86.8 Å². The maximum atomic E-state index is 14.0. The van der Waals surface area contributed by atoms with Gasteiger partial charge in [0.15, 0.2) is 0 Å². The molecule has 202 valence electrons. The molecule has 1 N–H and O–H groups in total. The van der Waals surface area contributed by atoms with Crippen molar-refractivity contribution >= 4 is 39.1 Å². The van der Waals surface area contributed by atoms with Gasteiger partial charge in [0.25, 0.3) is 0 Å². The quantitative estimate of drug-likeness (QED) is 0.354. The van der Waals surface area contributed by atoms with E-state index < -0.39 is 28.5 Å².